The van der Waals surface area contributed by atoms with Gasteiger partial charge in [-0.15, -0.1) is 0 Å². The summed E-state index contributed by atoms with van der Waals surface area (Å²) in [6.45, 7) is 3.84. The highest BCUT2D eigenvalue weighted by Crippen LogP contribution is 2.29. The Hall–Kier alpha value is -1.27. The van der Waals surface area contributed by atoms with Gasteiger partial charge in [0, 0.05) is 11.4 Å². The number of halogens is 3. The largest absolute Gasteiger partial charge is 0.422 e. The maximum Gasteiger partial charge on any atom is 0.349 e. The Balaban J connectivity index is 2.29. The Morgan fingerprint density at radius 3 is 2.58 bits per heavy atom. The second-order valence-electron chi connectivity index (χ2n) is 5.41. The molecule has 0 saturated carbocycles. The minimum atomic E-state index is -1.78. The van der Waals surface area contributed by atoms with Crippen molar-refractivity contribution in [2.75, 3.05) is 0 Å². The first-order valence-electron chi connectivity index (χ1n) is 7.39. The monoisotopic (exact) mass is 390 g/mol. The summed E-state index contributed by atoms with van der Waals surface area (Å²) in [5.74, 6) is -0.679. The molecule has 0 aliphatic carbocycles. The Morgan fingerprint density at radius 2 is 1.96 bits per heavy atom. The van der Waals surface area contributed by atoms with Crippen LogP contribution in [0.5, 0.6) is 0 Å². The highest BCUT2D eigenvalue weighted by molar-refractivity contribution is 6.68. The summed E-state index contributed by atoms with van der Waals surface area (Å²) < 4.78 is 3.37. The van der Waals surface area contributed by atoms with E-state index in [0.717, 1.165) is 6.42 Å². The molecule has 1 aromatic heterocycles. The van der Waals surface area contributed by atoms with Crippen LogP contribution in [0.4, 0.5) is 0 Å². The fourth-order valence-corrected chi connectivity index (χ4v) is 2.40. The van der Waals surface area contributed by atoms with Gasteiger partial charge in [0.2, 0.25) is 3.79 Å². The zero-order chi connectivity index (χ0) is 17.9. The van der Waals surface area contributed by atoms with Gasteiger partial charge in [-0.25, -0.2) is 4.79 Å². The minimum Gasteiger partial charge on any atom is -0.422 e. The summed E-state index contributed by atoms with van der Waals surface area (Å²) in [6.07, 6.45) is -0.193. The molecule has 1 amide bonds. The third-order valence-electron chi connectivity index (χ3n) is 3.55. The van der Waals surface area contributed by atoms with E-state index >= 15 is 0 Å². The molecule has 0 spiro atoms. The first-order valence-corrected chi connectivity index (χ1v) is 8.52. The SMILES string of the molecule is CCC(C)NC(NC(=O)c1cc2ccccc2oc1=O)C(Cl)(Cl)Cl. The third-order valence-corrected chi connectivity index (χ3v) is 4.21. The highest BCUT2D eigenvalue weighted by Gasteiger charge is 2.35. The molecule has 24 heavy (non-hydrogen) atoms. The molecule has 2 aromatic rings. The van der Waals surface area contributed by atoms with Crippen LogP contribution in [-0.2, 0) is 0 Å². The molecule has 130 valence electrons. The van der Waals surface area contributed by atoms with E-state index in [9.17, 15) is 9.59 Å². The summed E-state index contributed by atoms with van der Waals surface area (Å²) in [5.41, 5.74) is -0.508. The number of fused-ring (bicyclic) bond motifs is 1. The van der Waals surface area contributed by atoms with Gasteiger partial charge in [0.1, 0.15) is 17.3 Å². The minimum absolute atomic E-state index is 0.000983. The Morgan fingerprint density at radius 1 is 1.29 bits per heavy atom. The average Bonchev–Trinajstić information content (AvgIpc) is 2.52. The normalized spacial score (nSPS) is 14.4. The van der Waals surface area contributed by atoms with Crippen molar-refractivity contribution in [2.24, 2.45) is 0 Å². The summed E-state index contributed by atoms with van der Waals surface area (Å²) in [6, 6.07) is 8.35. The van der Waals surface area contributed by atoms with E-state index in [-0.39, 0.29) is 11.6 Å². The van der Waals surface area contributed by atoms with Crippen LogP contribution in [0.3, 0.4) is 0 Å². The Kier molecular flexibility index (Phi) is 6.15. The molecule has 2 N–H and O–H groups in total. The Bertz CT molecular complexity index is 786. The lowest BCUT2D eigenvalue weighted by atomic mass is 10.1. The summed E-state index contributed by atoms with van der Waals surface area (Å²) in [7, 11) is 0. The number of rotatable bonds is 5. The third kappa shape index (κ3) is 4.63. The van der Waals surface area contributed by atoms with Gasteiger partial charge in [-0.2, -0.15) is 0 Å². The fraction of sp³-hybridized carbons (Fsp3) is 0.375. The molecular formula is C16H17Cl3N2O3. The number of alkyl halides is 3. The average molecular weight is 392 g/mol. The summed E-state index contributed by atoms with van der Waals surface area (Å²) in [4.78, 5) is 24.5. The van der Waals surface area contributed by atoms with E-state index in [1.807, 2.05) is 13.8 Å². The van der Waals surface area contributed by atoms with Crippen molar-refractivity contribution in [3.8, 4) is 0 Å². The van der Waals surface area contributed by atoms with E-state index in [1.54, 1.807) is 24.3 Å². The lowest BCUT2D eigenvalue weighted by molar-refractivity contribution is 0.0923. The number of nitrogens with one attached hydrogen (secondary N) is 2. The van der Waals surface area contributed by atoms with Crippen LogP contribution in [0.25, 0.3) is 11.0 Å². The van der Waals surface area contributed by atoms with Gasteiger partial charge in [-0.1, -0.05) is 59.9 Å². The van der Waals surface area contributed by atoms with Crippen molar-refractivity contribution in [1.29, 1.82) is 0 Å². The van der Waals surface area contributed by atoms with Gasteiger partial charge in [-0.05, 0) is 25.5 Å². The van der Waals surface area contributed by atoms with Crippen LogP contribution < -0.4 is 16.3 Å². The van der Waals surface area contributed by atoms with Crippen molar-refractivity contribution in [3.05, 3.63) is 46.3 Å². The quantitative estimate of drug-likeness (QED) is 0.464. The number of carbonyl (C=O) groups is 1. The van der Waals surface area contributed by atoms with Crippen molar-refractivity contribution < 1.29 is 9.21 Å². The number of amides is 1. The zero-order valence-electron chi connectivity index (χ0n) is 13.1. The topological polar surface area (TPSA) is 71.3 Å². The number of hydrogen-bond acceptors (Lipinski definition) is 4. The summed E-state index contributed by atoms with van der Waals surface area (Å²) >= 11 is 17.8. The standard InChI is InChI=1S/C16H17Cl3N2O3/c1-3-9(2)20-15(16(17,18)19)21-13(22)11-8-10-6-4-5-7-12(10)24-14(11)23/h4-9,15,20H,3H2,1-2H3,(H,21,22). The predicted octanol–water partition coefficient (Wildman–Crippen LogP) is 3.61. The van der Waals surface area contributed by atoms with Crippen LogP contribution in [0, 0.1) is 0 Å². The van der Waals surface area contributed by atoms with Gasteiger partial charge in [0.15, 0.2) is 0 Å². The molecule has 8 heteroatoms. The maximum absolute atomic E-state index is 12.4. The molecule has 0 aliphatic heterocycles. The maximum atomic E-state index is 12.4. The molecule has 1 heterocycles. The number of para-hydroxylation sites is 1. The number of carbonyl (C=O) groups excluding carboxylic acids is 1. The van der Waals surface area contributed by atoms with Gasteiger partial charge in [-0.3, -0.25) is 10.1 Å². The predicted molar refractivity (Wildman–Crippen MR) is 96.9 cm³/mol. The van der Waals surface area contributed by atoms with E-state index in [1.165, 1.54) is 6.07 Å². The van der Waals surface area contributed by atoms with E-state index in [4.69, 9.17) is 39.2 Å². The molecular weight excluding hydrogens is 375 g/mol. The smallest absolute Gasteiger partial charge is 0.349 e. The zero-order valence-corrected chi connectivity index (χ0v) is 15.4. The molecule has 0 fully saturated rings. The van der Waals surface area contributed by atoms with Gasteiger partial charge in [0.25, 0.3) is 5.91 Å². The molecule has 2 unspecified atom stereocenters. The van der Waals surface area contributed by atoms with Crippen LogP contribution in [0.2, 0.25) is 0 Å². The number of hydrogen-bond donors (Lipinski definition) is 2. The second kappa shape index (κ2) is 7.74. The van der Waals surface area contributed by atoms with E-state index in [2.05, 4.69) is 10.6 Å². The number of benzene rings is 1. The van der Waals surface area contributed by atoms with Gasteiger partial charge in [0.05, 0.1) is 0 Å². The molecule has 1 aromatic carbocycles. The van der Waals surface area contributed by atoms with Gasteiger partial charge < -0.3 is 9.73 Å². The molecule has 0 radical (unpaired) electrons. The lowest BCUT2D eigenvalue weighted by Gasteiger charge is -2.29. The van der Waals surface area contributed by atoms with Gasteiger partial charge >= 0.3 is 5.63 Å². The first-order chi connectivity index (χ1) is 11.2. The fourth-order valence-electron chi connectivity index (χ4n) is 2.05. The molecule has 5 nitrogen and oxygen atoms in total. The van der Waals surface area contributed by atoms with Crippen LogP contribution in [-0.4, -0.2) is 21.9 Å². The van der Waals surface area contributed by atoms with Crippen molar-refractivity contribution in [1.82, 2.24) is 10.6 Å². The Labute approximate surface area is 154 Å². The first kappa shape index (κ1) is 19.1. The highest BCUT2D eigenvalue weighted by atomic mass is 35.6. The molecule has 2 rings (SSSR count). The molecule has 2 atom stereocenters. The van der Waals surface area contributed by atoms with E-state index < -0.39 is 21.5 Å². The van der Waals surface area contributed by atoms with Crippen molar-refractivity contribution in [2.45, 2.75) is 36.3 Å². The van der Waals surface area contributed by atoms with Crippen molar-refractivity contribution in [3.63, 3.8) is 0 Å². The molecule has 0 bridgehead atoms. The van der Waals surface area contributed by atoms with Crippen LogP contribution in [0.15, 0.2) is 39.5 Å². The van der Waals surface area contributed by atoms with E-state index in [0.29, 0.717) is 11.0 Å². The van der Waals surface area contributed by atoms with Crippen molar-refractivity contribution >= 4 is 51.7 Å². The lowest BCUT2D eigenvalue weighted by Crippen LogP contribution is -2.56. The summed E-state index contributed by atoms with van der Waals surface area (Å²) in [5, 5.41) is 6.17. The van der Waals surface area contributed by atoms with Crippen LogP contribution in [0.1, 0.15) is 30.6 Å². The van der Waals surface area contributed by atoms with Crippen LogP contribution >= 0.6 is 34.8 Å². The second-order valence-corrected chi connectivity index (χ2v) is 7.78. The molecule has 0 saturated heterocycles. The molecule has 0 aliphatic rings.